The van der Waals surface area contributed by atoms with Gasteiger partial charge in [0.05, 0.1) is 17.1 Å². The number of rotatable bonds is 8. The van der Waals surface area contributed by atoms with E-state index in [0.717, 1.165) is 23.8 Å². The summed E-state index contributed by atoms with van der Waals surface area (Å²) in [6.07, 6.45) is -3.34. The largest absolute Gasteiger partial charge is 0.493 e. The molecule has 38 heavy (non-hydrogen) atoms. The van der Waals surface area contributed by atoms with E-state index in [1.807, 2.05) is 19.1 Å². The zero-order valence-corrected chi connectivity index (χ0v) is 21.7. The number of alkyl halides is 3. The van der Waals surface area contributed by atoms with E-state index in [1.54, 1.807) is 18.2 Å². The van der Waals surface area contributed by atoms with Crippen molar-refractivity contribution >= 4 is 45.2 Å². The number of hydrogen-bond donors (Lipinski definition) is 2. The maximum absolute atomic E-state index is 12.9. The normalized spacial score (nSPS) is 11.3. The molecule has 0 saturated heterocycles. The van der Waals surface area contributed by atoms with Crippen molar-refractivity contribution < 1.29 is 32.2 Å². The molecule has 11 heteroatoms. The molecule has 3 aromatic rings. The summed E-state index contributed by atoms with van der Waals surface area (Å²) in [5, 5.41) is 14.5. The molecule has 0 unspecified atom stereocenters. The van der Waals surface area contributed by atoms with Gasteiger partial charge in [0.2, 0.25) is 0 Å². The van der Waals surface area contributed by atoms with Crippen molar-refractivity contribution in [3.8, 4) is 17.6 Å². The van der Waals surface area contributed by atoms with Crippen molar-refractivity contribution in [2.45, 2.75) is 13.1 Å². The standard InChI is InChI=1S/C27H21BrF3N3O4/c1-16-6-8-20(9-7-16)33-24(35)15-38-25-22(28)11-17(12-23(25)37-2)10-18(14-32)26(36)34-21-5-3-4-19(13-21)27(29,30)31/h3-13H,15H2,1-2H3,(H,33,35)(H,34,36)/b18-10+. The molecule has 0 aliphatic carbocycles. The molecule has 0 aliphatic rings. The van der Waals surface area contributed by atoms with Crippen molar-refractivity contribution in [1.82, 2.24) is 0 Å². The Morgan fingerprint density at radius 3 is 2.39 bits per heavy atom. The van der Waals surface area contributed by atoms with Gasteiger partial charge in [-0.3, -0.25) is 9.59 Å². The van der Waals surface area contributed by atoms with Crippen LogP contribution in [0.2, 0.25) is 0 Å². The second-order valence-electron chi connectivity index (χ2n) is 7.94. The molecule has 0 atom stereocenters. The van der Waals surface area contributed by atoms with E-state index in [-0.39, 0.29) is 29.4 Å². The maximum Gasteiger partial charge on any atom is 0.416 e. The third-order valence-electron chi connectivity index (χ3n) is 5.06. The molecule has 3 rings (SSSR count). The Kier molecular flexibility index (Phi) is 9.15. The van der Waals surface area contributed by atoms with E-state index >= 15 is 0 Å². The van der Waals surface area contributed by atoms with E-state index in [2.05, 4.69) is 26.6 Å². The number of ether oxygens (including phenoxy) is 2. The Bertz CT molecular complexity index is 1410. The van der Waals surface area contributed by atoms with Crippen LogP contribution < -0.4 is 20.1 Å². The fourth-order valence-electron chi connectivity index (χ4n) is 3.22. The summed E-state index contributed by atoms with van der Waals surface area (Å²) in [6.45, 7) is 1.61. The predicted molar refractivity (Wildman–Crippen MR) is 140 cm³/mol. The van der Waals surface area contributed by atoms with Crippen molar-refractivity contribution in [2.24, 2.45) is 0 Å². The number of anilines is 2. The van der Waals surface area contributed by atoms with Gasteiger partial charge in [0, 0.05) is 11.4 Å². The third kappa shape index (κ3) is 7.60. The first-order chi connectivity index (χ1) is 18.0. The summed E-state index contributed by atoms with van der Waals surface area (Å²) in [4.78, 5) is 24.9. The summed E-state index contributed by atoms with van der Waals surface area (Å²) in [6, 6.07) is 16.1. The molecule has 0 bridgehead atoms. The van der Waals surface area contributed by atoms with Gasteiger partial charge in [-0.1, -0.05) is 23.8 Å². The smallest absolute Gasteiger partial charge is 0.416 e. The topological polar surface area (TPSA) is 100 Å². The van der Waals surface area contributed by atoms with Gasteiger partial charge in [-0.05, 0) is 77.0 Å². The molecule has 0 saturated carbocycles. The number of nitrogens with zero attached hydrogens (tertiary/aromatic N) is 1. The molecular formula is C27H21BrF3N3O4. The van der Waals surface area contributed by atoms with Gasteiger partial charge in [-0.15, -0.1) is 0 Å². The highest BCUT2D eigenvalue weighted by Crippen LogP contribution is 2.37. The van der Waals surface area contributed by atoms with E-state index in [9.17, 15) is 28.0 Å². The van der Waals surface area contributed by atoms with Crippen LogP contribution in [0.15, 0.2) is 70.7 Å². The molecule has 2 amide bonds. The molecule has 196 valence electrons. The highest BCUT2D eigenvalue weighted by Gasteiger charge is 2.30. The minimum absolute atomic E-state index is 0.114. The van der Waals surface area contributed by atoms with Gasteiger partial charge < -0.3 is 20.1 Å². The lowest BCUT2D eigenvalue weighted by atomic mass is 10.1. The molecule has 0 aromatic heterocycles. The van der Waals surface area contributed by atoms with Gasteiger partial charge >= 0.3 is 6.18 Å². The molecule has 0 heterocycles. The minimum atomic E-state index is -4.58. The summed E-state index contributed by atoms with van der Waals surface area (Å²) in [5.74, 6) is -0.861. The van der Waals surface area contributed by atoms with Crippen LogP contribution in [0.25, 0.3) is 6.08 Å². The molecular weight excluding hydrogens is 567 g/mol. The van der Waals surface area contributed by atoms with E-state index in [0.29, 0.717) is 15.7 Å². The number of methoxy groups -OCH3 is 1. The number of amides is 2. The number of nitrogens with one attached hydrogen (secondary N) is 2. The number of benzene rings is 3. The van der Waals surface area contributed by atoms with Gasteiger partial charge in [0.25, 0.3) is 11.8 Å². The second-order valence-corrected chi connectivity index (χ2v) is 8.79. The first-order valence-electron chi connectivity index (χ1n) is 11.0. The Balaban J connectivity index is 1.74. The minimum Gasteiger partial charge on any atom is -0.493 e. The van der Waals surface area contributed by atoms with Crippen LogP contribution in [0, 0.1) is 18.3 Å². The van der Waals surface area contributed by atoms with Crippen molar-refractivity contribution in [1.29, 1.82) is 5.26 Å². The monoisotopic (exact) mass is 587 g/mol. The van der Waals surface area contributed by atoms with Gasteiger partial charge in [0.15, 0.2) is 18.1 Å². The SMILES string of the molecule is COc1cc(/C=C(\C#N)C(=O)Nc2cccc(C(F)(F)F)c2)cc(Br)c1OCC(=O)Nc1ccc(C)cc1. The zero-order valence-electron chi connectivity index (χ0n) is 20.2. The van der Waals surface area contributed by atoms with E-state index in [1.165, 1.54) is 31.4 Å². The van der Waals surface area contributed by atoms with Gasteiger partial charge in [0.1, 0.15) is 11.6 Å². The average Bonchev–Trinajstić information content (AvgIpc) is 2.87. The van der Waals surface area contributed by atoms with Crippen LogP contribution in [0.1, 0.15) is 16.7 Å². The van der Waals surface area contributed by atoms with Crippen LogP contribution in [0.3, 0.4) is 0 Å². The average molecular weight is 588 g/mol. The fraction of sp³-hybridized carbons (Fsp3) is 0.148. The first kappa shape index (κ1) is 28.3. The molecule has 0 spiro atoms. The molecule has 0 radical (unpaired) electrons. The Morgan fingerprint density at radius 2 is 1.76 bits per heavy atom. The Hall–Kier alpha value is -4.30. The van der Waals surface area contributed by atoms with Crippen molar-refractivity contribution in [2.75, 3.05) is 24.4 Å². The summed E-state index contributed by atoms with van der Waals surface area (Å²) >= 11 is 3.34. The lowest BCUT2D eigenvalue weighted by Gasteiger charge is -2.14. The van der Waals surface area contributed by atoms with Crippen LogP contribution in [0.5, 0.6) is 11.5 Å². The first-order valence-corrected chi connectivity index (χ1v) is 11.8. The highest BCUT2D eigenvalue weighted by molar-refractivity contribution is 9.10. The summed E-state index contributed by atoms with van der Waals surface area (Å²) in [5.41, 5.74) is 0.619. The number of halogens is 4. The molecule has 0 fully saturated rings. The maximum atomic E-state index is 12.9. The third-order valence-corrected chi connectivity index (χ3v) is 5.65. The summed E-state index contributed by atoms with van der Waals surface area (Å²) < 4.78 is 50.2. The number of carbonyl (C=O) groups excluding carboxylic acids is 2. The van der Waals surface area contributed by atoms with Crippen molar-refractivity contribution in [3.05, 3.63) is 87.4 Å². The molecule has 2 N–H and O–H groups in total. The van der Waals surface area contributed by atoms with Crippen molar-refractivity contribution in [3.63, 3.8) is 0 Å². The van der Waals surface area contributed by atoms with Gasteiger partial charge in [-0.25, -0.2) is 0 Å². The summed E-state index contributed by atoms with van der Waals surface area (Å²) in [7, 11) is 1.38. The quantitative estimate of drug-likeness (QED) is 0.236. The van der Waals surface area contributed by atoms with Crippen LogP contribution in [-0.2, 0) is 15.8 Å². The predicted octanol–water partition coefficient (Wildman–Crippen LogP) is 6.35. The highest BCUT2D eigenvalue weighted by atomic mass is 79.9. The van der Waals surface area contributed by atoms with Crippen LogP contribution in [-0.4, -0.2) is 25.5 Å². The lowest BCUT2D eigenvalue weighted by Crippen LogP contribution is -2.20. The molecule has 0 aliphatic heterocycles. The van der Waals surface area contributed by atoms with Crippen LogP contribution >= 0.6 is 15.9 Å². The van der Waals surface area contributed by atoms with E-state index < -0.39 is 23.6 Å². The van der Waals surface area contributed by atoms with Crippen LogP contribution in [0.4, 0.5) is 24.5 Å². The number of carbonyl (C=O) groups is 2. The molecule has 3 aromatic carbocycles. The fourth-order valence-corrected chi connectivity index (χ4v) is 3.80. The second kappa shape index (κ2) is 12.3. The number of nitriles is 1. The number of hydrogen-bond acceptors (Lipinski definition) is 5. The Morgan fingerprint density at radius 1 is 1.05 bits per heavy atom. The zero-order chi connectivity index (χ0) is 27.9. The van der Waals surface area contributed by atoms with Gasteiger partial charge in [-0.2, -0.15) is 18.4 Å². The number of aryl methyl sites for hydroxylation is 1. The lowest BCUT2D eigenvalue weighted by molar-refractivity contribution is -0.137. The Labute approximate surface area is 225 Å². The van der Waals surface area contributed by atoms with E-state index in [4.69, 9.17) is 9.47 Å². The molecule has 7 nitrogen and oxygen atoms in total.